The third-order valence-electron chi connectivity index (χ3n) is 2.81. The summed E-state index contributed by atoms with van der Waals surface area (Å²) < 4.78 is 10.8. The second-order valence-corrected chi connectivity index (χ2v) is 4.54. The van der Waals surface area contributed by atoms with Gasteiger partial charge in [0.1, 0.15) is 18.0 Å². The van der Waals surface area contributed by atoms with Crippen molar-refractivity contribution in [3.63, 3.8) is 0 Å². The fraction of sp³-hybridized carbons (Fsp3) is 0.500. The van der Waals surface area contributed by atoms with E-state index < -0.39 is 24.6 Å². The van der Waals surface area contributed by atoms with Crippen LogP contribution in [0.5, 0.6) is 5.75 Å². The van der Waals surface area contributed by atoms with E-state index in [-0.39, 0.29) is 13.0 Å². The third-order valence-corrected chi connectivity index (χ3v) is 3.12. The molecule has 100 valence electrons. The highest BCUT2D eigenvalue weighted by Gasteiger charge is 2.37. The number of benzene rings is 1. The molecular formula is C12H15ClO5. The van der Waals surface area contributed by atoms with E-state index in [2.05, 4.69) is 0 Å². The molecule has 1 aromatic rings. The van der Waals surface area contributed by atoms with E-state index in [1.54, 1.807) is 24.3 Å². The molecular weight excluding hydrogens is 260 g/mol. The molecule has 4 atom stereocenters. The molecule has 4 unspecified atom stereocenters. The maximum absolute atomic E-state index is 9.64. The second kappa shape index (κ2) is 5.86. The van der Waals surface area contributed by atoms with Crippen molar-refractivity contribution in [2.45, 2.75) is 31.0 Å². The highest BCUT2D eigenvalue weighted by atomic mass is 35.5. The first-order valence-corrected chi connectivity index (χ1v) is 6.03. The SMILES string of the molecule is OCC1OC(Oc2ccccc2Cl)CC(O)C1O. The van der Waals surface area contributed by atoms with Gasteiger partial charge in [-0.15, -0.1) is 0 Å². The maximum Gasteiger partial charge on any atom is 0.202 e. The summed E-state index contributed by atoms with van der Waals surface area (Å²) in [5, 5.41) is 28.7. The monoisotopic (exact) mass is 274 g/mol. The highest BCUT2D eigenvalue weighted by Crippen LogP contribution is 2.28. The first-order valence-electron chi connectivity index (χ1n) is 5.65. The van der Waals surface area contributed by atoms with Crippen LogP contribution < -0.4 is 4.74 Å². The van der Waals surface area contributed by atoms with Crippen molar-refractivity contribution in [1.29, 1.82) is 0 Å². The molecule has 0 aromatic heterocycles. The van der Waals surface area contributed by atoms with Crippen LogP contribution in [0, 0.1) is 0 Å². The molecule has 6 heteroatoms. The van der Waals surface area contributed by atoms with Crippen LogP contribution in [0.25, 0.3) is 0 Å². The largest absolute Gasteiger partial charge is 0.463 e. The summed E-state index contributed by atoms with van der Waals surface area (Å²) in [6.45, 7) is -0.388. The lowest BCUT2D eigenvalue weighted by Gasteiger charge is -2.36. The summed E-state index contributed by atoms with van der Waals surface area (Å²) in [5.41, 5.74) is 0. The van der Waals surface area contributed by atoms with Crippen LogP contribution in [-0.4, -0.2) is 46.5 Å². The molecule has 1 aliphatic rings. The minimum absolute atomic E-state index is 0.114. The van der Waals surface area contributed by atoms with E-state index in [4.69, 9.17) is 26.2 Å². The fourth-order valence-corrected chi connectivity index (χ4v) is 2.00. The van der Waals surface area contributed by atoms with Gasteiger partial charge in [-0.25, -0.2) is 0 Å². The Balaban J connectivity index is 2.04. The lowest BCUT2D eigenvalue weighted by molar-refractivity contribution is -0.229. The Morgan fingerprint density at radius 3 is 2.72 bits per heavy atom. The van der Waals surface area contributed by atoms with Gasteiger partial charge in [0.05, 0.1) is 17.7 Å². The Labute approximate surface area is 110 Å². The Morgan fingerprint density at radius 1 is 1.33 bits per heavy atom. The molecule has 3 N–H and O–H groups in total. The zero-order valence-electron chi connectivity index (χ0n) is 9.57. The summed E-state index contributed by atoms with van der Waals surface area (Å²) in [7, 11) is 0. The van der Waals surface area contributed by atoms with Crippen molar-refractivity contribution in [1.82, 2.24) is 0 Å². The molecule has 1 fully saturated rings. The van der Waals surface area contributed by atoms with E-state index in [0.29, 0.717) is 10.8 Å². The number of rotatable bonds is 3. The Hall–Kier alpha value is -0.850. The van der Waals surface area contributed by atoms with Crippen molar-refractivity contribution >= 4 is 11.6 Å². The van der Waals surface area contributed by atoms with E-state index >= 15 is 0 Å². The van der Waals surface area contributed by atoms with E-state index in [9.17, 15) is 10.2 Å². The molecule has 0 saturated carbocycles. The van der Waals surface area contributed by atoms with E-state index in [0.717, 1.165) is 0 Å². The van der Waals surface area contributed by atoms with Gasteiger partial charge >= 0.3 is 0 Å². The van der Waals surface area contributed by atoms with Crippen molar-refractivity contribution < 1.29 is 24.8 Å². The predicted octanol–water partition coefficient (Wildman–Crippen LogP) is 0.548. The minimum atomic E-state index is -1.11. The Kier molecular flexibility index (Phi) is 4.42. The van der Waals surface area contributed by atoms with Gasteiger partial charge in [0.2, 0.25) is 6.29 Å². The quantitative estimate of drug-likeness (QED) is 0.750. The number of hydrogen-bond acceptors (Lipinski definition) is 5. The first-order chi connectivity index (χ1) is 8.61. The molecule has 5 nitrogen and oxygen atoms in total. The standard InChI is InChI=1S/C12H15ClO5/c13-7-3-1-2-4-9(7)17-11-5-8(15)12(16)10(6-14)18-11/h1-4,8,10-12,14-16H,5-6H2. The molecule has 1 heterocycles. The zero-order valence-corrected chi connectivity index (χ0v) is 10.3. The average Bonchev–Trinajstić information content (AvgIpc) is 2.36. The van der Waals surface area contributed by atoms with Crippen LogP contribution in [0.2, 0.25) is 5.02 Å². The summed E-state index contributed by atoms with van der Waals surface area (Å²) in [4.78, 5) is 0. The number of para-hydroxylation sites is 1. The van der Waals surface area contributed by atoms with Crippen LogP contribution in [0.15, 0.2) is 24.3 Å². The smallest absolute Gasteiger partial charge is 0.202 e. The van der Waals surface area contributed by atoms with Crippen molar-refractivity contribution in [3.8, 4) is 5.75 Å². The lowest BCUT2D eigenvalue weighted by atomic mass is 10.0. The molecule has 0 aliphatic carbocycles. The van der Waals surface area contributed by atoms with Gasteiger partial charge in [-0.2, -0.15) is 0 Å². The molecule has 18 heavy (non-hydrogen) atoms. The normalized spacial score (nSPS) is 32.2. The van der Waals surface area contributed by atoms with Crippen LogP contribution in [0.3, 0.4) is 0 Å². The molecule has 0 bridgehead atoms. The molecule has 2 rings (SSSR count). The molecule has 1 aliphatic heterocycles. The van der Waals surface area contributed by atoms with Crippen molar-refractivity contribution in [2.24, 2.45) is 0 Å². The number of ether oxygens (including phenoxy) is 2. The van der Waals surface area contributed by atoms with E-state index in [1.807, 2.05) is 0 Å². The number of aliphatic hydroxyl groups is 3. The average molecular weight is 275 g/mol. The van der Waals surface area contributed by atoms with Crippen LogP contribution in [0.4, 0.5) is 0 Å². The van der Waals surface area contributed by atoms with Crippen molar-refractivity contribution in [2.75, 3.05) is 6.61 Å². The molecule has 0 amide bonds. The van der Waals surface area contributed by atoms with E-state index in [1.165, 1.54) is 0 Å². The number of hydrogen-bond donors (Lipinski definition) is 3. The van der Waals surface area contributed by atoms with Crippen LogP contribution in [0.1, 0.15) is 6.42 Å². The summed E-state index contributed by atoms with van der Waals surface area (Å²) in [6, 6.07) is 6.89. The van der Waals surface area contributed by atoms with Gasteiger partial charge in [-0.3, -0.25) is 0 Å². The van der Waals surface area contributed by atoms with Gasteiger partial charge in [-0.05, 0) is 12.1 Å². The Morgan fingerprint density at radius 2 is 2.06 bits per heavy atom. The van der Waals surface area contributed by atoms with Gasteiger partial charge < -0.3 is 24.8 Å². The maximum atomic E-state index is 9.64. The Bertz CT molecular complexity index is 400. The van der Waals surface area contributed by atoms with Crippen molar-refractivity contribution in [3.05, 3.63) is 29.3 Å². The third kappa shape index (κ3) is 2.93. The summed E-state index contributed by atoms with van der Waals surface area (Å²) in [6.07, 6.45) is -3.60. The molecule has 1 saturated heterocycles. The molecule has 1 aromatic carbocycles. The number of aliphatic hydroxyl groups excluding tert-OH is 3. The molecule has 0 radical (unpaired) electrons. The fourth-order valence-electron chi connectivity index (χ4n) is 1.82. The topological polar surface area (TPSA) is 79.2 Å². The highest BCUT2D eigenvalue weighted by molar-refractivity contribution is 6.32. The predicted molar refractivity (Wildman–Crippen MR) is 64.5 cm³/mol. The van der Waals surface area contributed by atoms with Gasteiger partial charge in [0, 0.05) is 6.42 Å². The lowest BCUT2D eigenvalue weighted by Crippen LogP contribution is -2.51. The van der Waals surface area contributed by atoms with Gasteiger partial charge in [0.15, 0.2) is 0 Å². The number of halogens is 1. The molecule has 0 spiro atoms. The van der Waals surface area contributed by atoms with Gasteiger partial charge in [-0.1, -0.05) is 23.7 Å². The van der Waals surface area contributed by atoms with Crippen LogP contribution >= 0.6 is 11.6 Å². The first kappa shape index (κ1) is 13.6. The zero-order chi connectivity index (χ0) is 13.1. The van der Waals surface area contributed by atoms with Gasteiger partial charge in [0.25, 0.3) is 0 Å². The minimum Gasteiger partial charge on any atom is -0.463 e. The summed E-state index contributed by atoms with van der Waals surface area (Å²) in [5.74, 6) is 0.435. The second-order valence-electron chi connectivity index (χ2n) is 4.13. The summed E-state index contributed by atoms with van der Waals surface area (Å²) >= 11 is 5.94. The van der Waals surface area contributed by atoms with Crippen LogP contribution in [-0.2, 0) is 4.74 Å².